The number of aromatic nitrogens is 2. The summed E-state index contributed by atoms with van der Waals surface area (Å²) >= 11 is 2.84. The van der Waals surface area contributed by atoms with Crippen LogP contribution in [0.1, 0.15) is 30.5 Å². The lowest BCUT2D eigenvalue weighted by atomic mass is 10.1. The molecule has 0 radical (unpaired) electrons. The maximum absolute atomic E-state index is 12.7. The number of aromatic amines is 1. The van der Waals surface area contributed by atoms with E-state index in [9.17, 15) is 9.59 Å². The number of hydrogen-bond acceptors (Lipinski definition) is 6. The number of nitrogens with one attached hydrogen (secondary N) is 2. The number of benzene rings is 1. The third-order valence-corrected chi connectivity index (χ3v) is 6.77. The van der Waals surface area contributed by atoms with Crippen molar-refractivity contribution in [1.82, 2.24) is 9.97 Å². The molecule has 0 saturated heterocycles. The van der Waals surface area contributed by atoms with Crippen molar-refractivity contribution in [2.75, 3.05) is 11.1 Å². The van der Waals surface area contributed by atoms with Gasteiger partial charge < -0.3 is 14.7 Å². The van der Waals surface area contributed by atoms with Crippen molar-refractivity contribution in [3.8, 4) is 11.3 Å². The highest BCUT2D eigenvalue weighted by Crippen LogP contribution is 2.32. The van der Waals surface area contributed by atoms with Crippen LogP contribution in [0.4, 0.5) is 5.69 Å². The van der Waals surface area contributed by atoms with Crippen LogP contribution in [-0.2, 0) is 11.2 Å². The lowest BCUT2D eigenvalue weighted by Gasteiger charge is -2.11. The standard InChI is InChI=1S/C22H21N3O3S2/c1-3-14-6-8-15(9-7-14)23-18(26)12-29-13(2)20-24-21(27)19-16(11-30-22(19)25-20)17-5-4-10-28-17/h4-11,13H,3,12H2,1-2H3,(H,23,26)(H,24,25,27). The molecule has 0 aliphatic heterocycles. The second kappa shape index (κ2) is 8.89. The highest BCUT2D eigenvalue weighted by atomic mass is 32.2. The quantitative estimate of drug-likeness (QED) is 0.411. The van der Waals surface area contributed by atoms with Crippen molar-refractivity contribution in [3.05, 3.63) is 69.8 Å². The van der Waals surface area contributed by atoms with E-state index in [1.165, 1.54) is 28.7 Å². The van der Waals surface area contributed by atoms with Crippen LogP contribution in [0.15, 0.2) is 57.3 Å². The van der Waals surface area contributed by atoms with Gasteiger partial charge in [-0.2, -0.15) is 0 Å². The number of thiophene rings is 1. The number of H-pyrrole nitrogens is 1. The molecule has 1 unspecified atom stereocenters. The molecule has 1 atom stereocenters. The van der Waals surface area contributed by atoms with Gasteiger partial charge >= 0.3 is 0 Å². The summed E-state index contributed by atoms with van der Waals surface area (Å²) in [7, 11) is 0. The molecule has 0 spiro atoms. The molecule has 8 heteroatoms. The number of fused-ring (bicyclic) bond motifs is 1. The van der Waals surface area contributed by atoms with Crippen LogP contribution < -0.4 is 10.9 Å². The van der Waals surface area contributed by atoms with Gasteiger partial charge in [0, 0.05) is 16.6 Å². The monoisotopic (exact) mass is 439 g/mol. The number of thioether (sulfide) groups is 1. The number of rotatable bonds is 7. The normalized spacial score (nSPS) is 12.2. The zero-order valence-corrected chi connectivity index (χ0v) is 18.2. The molecular formula is C22H21N3O3S2. The van der Waals surface area contributed by atoms with E-state index in [0.717, 1.165) is 17.7 Å². The topological polar surface area (TPSA) is 88.0 Å². The first-order valence-corrected chi connectivity index (χ1v) is 11.5. The molecule has 2 N–H and O–H groups in total. The average Bonchev–Trinajstić information content (AvgIpc) is 3.42. The van der Waals surface area contributed by atoms with Crippen molar-refractivity contribution in [3.63, 3.8) is 0 Å². The Labute approximate surface area is 181 Å². The summed E-state index contributed by atoms with van der Waals surface area (Å²) in [5, 5.41) is 5.18. The highest BCUT2D eigenvalue weighted by Gasteiger charge is 2.18. The molecule has 4 rings (SSSR count). The Bertz CT molecular complexity index is 1210. The molecule has 30 heavy (non-hydrogen) atoms. The van der Waals surface area contributed by atoms with Crippen molar-refractivity contribution >= 4 is 44.9 Å². The number of anilines is 1. The van der Waals surface area contributed by atoms with Crippen LogP contribution in [0.25, 0.3) is 21.5 Å². The molecule has 0 saturated carbocycles. The Balaban J connectivity index is 1.43. The van der Waals surface area contributed by atoms with E-state index >= 15 is 0 Å². The molecule has 4 aromatic rings. The number of carbonyl (C=O) groups is 1. The first-order valence-electron chi connectivity index (χ1n) is 9.61. The van der Waals surface area contributed by atoms with E-state index in [2.05, 4.69) is 22.2 Å². The highest BCUT2D eigenvalue weighted by molar-refractivity contribution is 8.00. The minimum absolute atomic E-state index is 0.0873. The summed E-state index contributed by atoms with van der Waals surface area (Å²) in [6.07, 6.45) is 2.54. The van der Waals surface area contributed by atoms with Crippen LogP contribution in [0.3, 0.4) is 0 Å². The van der Waals surface area contributed by atoms with Gasteiger partial charge in [0.15, 0.2) is 0 Å². The number of furan rings is 1. The Morgan fingerprint density at radius 2 is 2.10 bits per heavy atom. The summed E-state index contributed by atoms with van der Waals surface area (Å²) in [5.74, 6) is 1.38. The molecule has 0 bridgehead atoms. The van der Waals surface area contributed by atoms with E-state index in [4.69, 9.17) is 4.42 Å². The van der Waals surface area contributed by atoms with Gasteiger partial charge in [-0.15, -0.1) is 23.1 Å². The van der Waals surface area contributed by atoms with Gasteiger partial charge in [0.25, 0.3) is 5.56 Å². The number of amides is 1. The molecular weight excluding hydrogens is 418 g/mol. The number of aryl methyl sites for hydroxylation is 1. The molecule has 0 fully saturated rings. The van der Waals surface area contributed by atoms with Crippen LogP contribution in [-0.4, -0.2) is 21.6 Å². The van der Waals surface area contributed by atoms with Crippen LogP contribution in [0.5, 0.6) is 0 Å². The molecule has 6 nitrogen and oxygen atoms in total. The Morgan fingerprint density at radius 1 is 1.30 bits per heavy atom. The van der Waals surface area contributed by atoms with E-state index in [0.29, 0.717) is 21.8 Å². The number of nitrogens with zero attached hydrogens (tertiary/aromatic N) is 1. The first kappa shape index (κ1) is 20.4. The van der Waals surface area contributed by atoms with Gasteiger partial charge in [-0.3, -0.25) is 9.59 Å². The fourth-order valence-electron chi connectivity index (χ4n) is 3.07. The minimum atomic E-state index is -0.199. The van der Waals surface area contributed by atoms with Crippen LogP contribution in [0.2, 0.25) is 0 Å². The number of carbonyl (C=O) groups excluding carboxylic acids is 1. The maximum atomic E-state index is 12.7. The number of hydrogen-bond donors (Lipinski definition) is 2. The molecule has 3 aromatic heterocycles. The lowest BCUT2D eigenvalue weighted by molar-refractivity contribution is -0.113. The van der Waals surface area contributed by atoms with Crippen LogP contribution >= 0.6 is 23.1 Å². The van der Waals surface area contributed by atoms with Gasteiger partial charge in [0.05, 0.1) is 22.7 Å². The second-order valence-electron chi connectivity index (χ2n) is 6.81. The van der Waals surface area contributed by atoms with E-state index in [1.807, 2.05) is 42.6 Å². The summed E-state index contributed by atoms with van der Waals surface area (Å²) < 4.78 is 5.42. The van der Waals surface area contributed by atoms with Gasteiger partial charge in [-0.25, -0.2) is 4.98 Å². The Kier molecular flexibility index (Phi) is 6.06. The fourth-order valence-corrected chi connectivity index (χ4v) is 4.75. The summed E-state index contributed by atoms with van der Waals surface area (Å²) in [5.41, 5.74) is 2.55. The summed E-state index contributed by atoms with van der Waals surface area (Å²) in [6, 6.07) is 11.4. The molecule has 154 valence electrons. The lowest BCUT2D eigenvalue weighted by Crippen LogP contribution is -2.16. The zero-order valence-electron chi connectivity index (χ0n) is 16.6. The molecule has 3 heterocycles. The minimum Gasteiger partial charge on any atom is -0.464 e. The second-order valence-corrected chi connectivity index (χ2v) is 9.00. The van der Waals surface area contributed by atoms with Gasteiger partial charge in [-0.1, -0.05) is 19.1 Å². The Hall–Kier alpha value is -2.84. The predicted molar refractivity (Wildman–Crippen MR) is 123 cm³/mol. The average molecular weight is 440 g/mol. The predicted octanol–water partition coefficient (Wildman–Crippen LogP) is 5.24. The van der Waals surface area contributed by atoms with Gasteiger partial charge in [0.2, 0.25) is 5.91 Å². The Morgan fingerprint density at radius 3 is 2.80 bits per heavy atom. The first-order chi connectivity index (χ1) is 14.5. The van der Waals surface area contributed by atoms with E-state index < -0.39 is 0 Å². The van der Waals surface area contributed by atoms with Gasteiger partial charge in [0.1, 0.15) is 16.4 Å². The molecule has 0 aliphatic carbocycles. The molecule has 0 aliphatic rings. The third kappa shape index (κ3) is 4.34. The smallest absolute Gasteiger partial charge is 0.260 e. The maximum Gasteiger partial charge on any atom is 0.260 e. The van der Waals surface area contributed by atoms with Gasteiger partial charge in [-0.05, 0) is 43.2 Å². The molecule has 1 amide bonds. The van der Waals surface area contributed by atoms with E-state index in [1.54, 1.807) is 12.3 Å². The third-order valence-electron chi connectivity index (χ3n) is 4.74. The SMILES string of the molecule is CCc1ccc(NC(=O)CSC(C)c2nc3scc(-c4ccco4)c3c(=O)[nH]2)cc1. The summed E-state index contributed by atoms with van der Waals surface area (Å²) in [4.78, 5) is 33.1. The zero-order chi connectivity index (χ0) is 21.1. The fraction of sp³-hybridized carbons (Fsp3) is 0.227. The van der Waals surface area contributed by atoms with Crippen molar-refractivity contribution in [2.24, 2.45) is 0 Å². The van der Waals surface area contributed by atoms with Crippen molar-refractivity contribution in [2.45, 2.75) is 25.5 Å². The van der Waals surface area contributed by atoms with Crippen molar-refractivity contribution in [1.29, 1.82) is 0 Å². The van der Waals surface area contributed by atoms with Crippen LogP contribution in [0, 0.1) is 0 Å². The van der Waals surface area contributed by atoms with Crippen molar-refractivity contribution < 1.29 is 9.21 Å². The molecule has 1 aromatic carbocycles. The summed E-state index contributed by atoms with van der Waals surface area (Å²) in [6.45, 7) is 4.02. The largest absolute Gasteiger partial charge is 0.464 e. The van der Waals surface area contributed by atoms with E-state index in [-0.39, 0.29) is 22.5 Å².